The van der Waals surface area contributed by atoms with Crippen LogP contribution >= 0.6 is 0 Å². The Morgan fingerprint density at radius 2 is 1.43 bits per heavy atom. The van der Waals surface area contributed by atoms with Gasteiger partial charge >= 0.3 is 0 Å². The van der Waals surface area contributed by atoms with Crippen molar-refractivity contribution in [3.63, 3.8) is 0 Å². The Morgan fingerprint density at radius 3 is 2.11 bits per heavy atom. The molecule has 4 aromatic heterocycles. The first-order valence-electron chi connectivity index (χ1n) is 16.6. The highest BCUT2D eigenvalue weighted by molar-refractivity contribution is 6.13. The minimum atomic E-state index is -0.188. The second-order valence-electron chi connectivity index (χ2n) is 14.7. The zero-order valence-electron chi connectivity index (χ0n) is 28.1. The number of hydrogen-bond acceptors (Lipinski definition) is 3. The van der Waals surface area contributed by atoms with Crippen molar-refractivity contribution in [2.45, 2.75) is 84.5 Å². The number of nitrogens with zero attached hydrogens (tertiary/aromatic N) is 5. The highest BCUT2D eigenvalue weighted by Crippen LogP contribution is 2.52. The molecule has 0 spiro atoms. The van der Waals surface area contributed by atoms with E-state index in [1.165, 1.54) is 49.7 Å². The van der Waals surface area contributed by atoms with Crippen LogP contribution in [0.3, 0.4) is 0 Å². The molecule has 6 nitrogen and oxygen atoms in total. The van der Waals surface area contributed by atoms with Crippen LogP contribution in [0.25, 0.3) is 44.7 Å². The van der Waals surface area contributed by atoms with E-state index in [1.54, 1.807) is 6.20 Å². The first-order chi connectivity index (χ1) is 22.0. The van der Waals surface area contributed by atoms with Crippen LogP contribution in [0.15, 0.2) is 79.3 Å². The molecule has 1 aliphatic rings. The molecule has 0 unspecified atom stereocenters. The summed E-state index contributed by atoms with van der Waals surface area (Å²) < 4.78 is 4.75. The maximum absolute atomic E-state index is 5.51. The SMILES string of the molecule is CC(C)c1cccc(C(C)C)c1-n1cc(Cc2nc3c4ccccc4c4cccc5c4n3c2C(C)(C)C5(C)C)nc1-c1ncc[nH]1. The highest BCUT2D eigenvalue weighted by Gasteiger charge is 2.48. The number of nitrogens with one attached hydrogen (secondary N) is 1. The number of imidazole rings is 3. The second kappa shape index (κ2) is 9.89. The quantitative estimate of drug-likeness (QED) is 0.192. The van der Waals surface area contributed by atoms with Crippen molar-refractivity contribution in [1.29, 1.82) is 0 Å². The average Bonchev–Trinajstić information content (AvgIpc) is 3.79. The van der Waals surface area contributed by atoms with Crippen LogP contribution in [0, 0.1) is 0 Å². The molecular weight excluding hydrogens is 564 g/mol. The van der Waals surface area contributed by atoms with Crippen molar-refractivity contribution >= 4 is 27.3 Å². The van der Waals surface area contributed by atoms with Gasteiger partial charge in [-0.1, -0.05) is 116 Å². The molecule has 6 heteroatoms. The van der Waals surface area contributed by atoms with E-state index in [-0.39, 0.29) is 10.8 Å². The molecular formula is C40H42N6. The van der Waals surface area contributed by atoms with Gasteiger partial charge in [0.15, 0.2) is 11.6 Å². The normalized spacial score (nSPS) is 15.3. The van der Waals surface area contributed by atoms with Gasteiger partial charge in [-0.2, -0.15) is 0 Å². The van der Waals surface area contributed by atoms with Crippen molar-refractivity contribution in [3.05, 3.63) is 113 Å². The Hall–Kier alpha value is -4.71. The van der Waals surface area contributed by atoms with Crippen LogP contribution in [0.4, 0.5) is 0 Å². The van der Waals surface area contributed by atoms with Crippen molar-refractivity contribution in [3.8, 4) is 17.3 Å². The Bertz CT molecular complexity index is 2270. The lowest BCUT2D eigenvalue weighted by molar-refractivity contribution is 0.286. The summed E-state index contributed by atoms with van der Waals surface area (Å²) in [6.45, 7) is 18.6. The van der Waals surface area contributed by atoms with E-state index in [2.05, 4.69) is 141 Å². The second-order valence-corrected chi connectivity index (χ2v) is 14.7. The van der Waals surface area contributed by atoms with Gasteiger partial charge in [0.05, 0.1) is 28.3 Å². The van der Waals surface area contributed by atoms with Crippen LogP contribution in [0.5, 0.6) is 0 Å². The first kappa shape index (κ1) is 28.7. The van der Waals surface area contributed by atoms with Crippen LogP contribution in [-0.4, -0.2) is 28.9 Å². The number of fused-ring (bicyclic) bond motifs is 3. The number of aromatic nitrogens is 6. The maximum Gasteiger partial charge on any atom is 0.181 e. The third-order valence-corrected chi connectivity index (χ3v) is 10.9. The van der Waals surface area contributed by atoms with E-state index in [9.17, 15) is 0 Å². The number of H-pyrrole nitrogens is 1. The molecule has 0 amide bonds. The van der Waals surface area contributed by atoms with Gasteiger partial charge in [0, 0.05) is 46.6 Å². The fourth-order valence-corrected chi connectivity index (χ4v) is 7.88. The molecule has 0 bridgehead atoms. The van der Waals surface area contributed by atoms with Crippen LogP contribution in [0.1, 0.15) is 101 Å². The summed E-state index contributed by atoms with van der Waals surface area (Å²) in [6, 6.07) is 22.2. The van der Waals surface area contributed by atoms with E-state index in [1.807, 2.05) is 6.20 Å². The molecule has 8 rings (SSSR count). The fourth-order valence-electron chi connectivity index (χ4n) is 7.88. The van der Waals surface area contributed by atoms with E-state index in [0.29, 0.717) is 18.3 Å². The van der Waals surface area contributed by atoms with Gasteiger partial charge in [-0.25, -0.2) is 15.0 Å². The average molecular weight is 607 g/mol. The lowest BCUT2D eigenvalue weighted by atomic mass is 9.60. The van der Waals surface area contributed by atoms with Crippen molar-refractivity contribution < 1.29 is 0 Å². The number of hydrogen-bond donors (Lipinski definition) is 1. The van der Waals surface area contributed by atoms with E-state index in [4.69, 9.17) is 9.97 Å². The Kier molecular flexibility index (Phi) is 6.18. The van der Waals surface area contributed by atoms with Crippen molar-refractivity contribution in [2.24, 2.45) is 0 Å². The Morgan fingerprint density at radius 1 is 0.761 bits per heavy atom. The lowest BCUT2D eigenvalue weighted by Gasteiger charge is -2.46. The molecule has 5 heterocycles. The highest BCUT2D eigenvalue weighted by atomic mass is 15.1. The van der Waals surface area contributed by atoms with Gasteiger partial charge in [-0.3, -0.25) is 8.97 Å². The Balaban J connectivity index is 1.41. The predicted octanol–water partition coefficient (Wildman–Crippen LogP) is 9.62. The molecule has 3 aromatic carbocycles. The monoisotopic (exact) mass is 606 g/mol. The molecule has 0 saturated heterocycles. The number of para-hydroxylation sites is 2. The van der Waals surface area contributed by atoms with Gasteiger partial charge in [0.1, 0.15) is 5.65 Å². The Labute approximate surface area is 270 Å². The minimum absolute atomic E-state index is 0.117. The summed E-state index contributed by atoms with van der Waals surface area (Å²) >= 11 is 0. The number of aromatic amines is 1. The molecule has 1 aliphatic heterocycles. The van der Waals surface area contributed by atoms with Crippen LogP contribution in [-0.2, 0) is 17.3 Å². The molecule has 0 saturated carbocycles. The van der Waals surface area contributed by atoms with E-state index >= 15 is 0 Å². The zero-order valence-corrected chi connectivity index (χ0v) is 28.1. The molecule has 232 valence electrons. The first-order valence-corrected chi connectivity index (χ1v) is 16.6. The maximum atomic E-state index is 5.51. The largest absolute Gasteiger partial charge is 0.342 e. The van der Waals surface area contributed by atoms with Crippen molar-refractivity contribution in [1.82, 2.24) is 28.9 Å². The third kappa shape index (κ3) is 3.85. The standard InChI is InChI=1S/C40H42N6/c1-23(2)26-15-11-16-27(24(3)4)33(26)45-22-25(43-38(45)36-41-19-20-42-36)21-32-35-40(7,8)39(5,6)31-18-12-17-29-28-13-9-10-14-30(28)37(44-32)46(35)34(29)31/h9-20,22-24H,21H2,1-8H3,(H,41,42). The summed E-state index contributed by atoms with van der Waals surface area (Å²) in [6.07, 6.45) is 6.52. The van der Waals surface area contributed by atoms with E-state index < -0.39 is 0 Å². The van der Waals surface area contributed by atoms with Gasteiger partial charge in [-0.15, -0.1) is 0 Å². The predicted molar refractivity (Wildman–Crippen MR) is 188 cm³/mol. The lowest BCUT2D eigenvalue weighted by Crippen LogP contribution is -2.44. The molecule has 0 aliphatic carbocycles. The van der Waals surface area contributed by atoms with Gasteiger partial charge in [0.2, 0.25) is 0 Å². The number of pyridine rings is 1. The fraction of sp³-hybridized carbons (Fsp3) is 0.325. The summed E-state index contributed by atoms with van der Waals surface area (Å²) in [5.41, 5.74) is 10.5. The molecule has 1 N–H and O–H groups in total. The smallest absolute Gasteiger partial charge is 0.181 e. The van der Waals surface area contributed by atoms with Crippen LogP contribution in [0.2, 0.25) is 0 Å². The zero-order chi connectivity index (χ0) is 32.1. The topological polar surface area (TPSA) is 63.8 Å². The molecule has 46 heavy (non-hydrogen) atoms. The summed E-state index contributed by atoms with van der Waals surface area (Å²) in [7, 11) is 0. The van der Waals surface area contributed by atoms with Crippen LogP contribution < -0.4 is 0 Å². The van der Waals surface area contributed by atoms with E-state index in [0.717, 1.165) is 28.7 Å². The van der Waals surface area contributed by atoms with Gasteiger partial charge in [-0.05, 0) is 33.9 Å². The molecule has 0 atom stereocenters. The number of rotatable bonds is 6. The molecule has 0 radical (unpaired) electrons. The van der Waals surface area contributed by atoms with Gasteiger partial charge in [0.25, 0.3) is 0 Å². The summed E-state index contributed by atoms with van der Waals surface area (Å²) in [5, 5.41) is 3.72. The third-order valence-electron chi connectivity index (χ3n) is 10.9. The van der Waals surface area contributed by atoms with Crippen molar-refractivity contribution in [2.75, 3.05) is 0 Å². The summed E-state index contributed by atoms with van der Waals surface area (Å²) in [4.78, 5) is 18.8. The number of benzene rings is 3. The molecule has 7 aromatic rings. The minimum Gasteiger partial charge on any atom is -0.342 e. The summed E-state index contributed by atoms with van der Waals surface area (Å²) in [5.74, 6) is 2.29. The van der Waals surface area contributed by atoms with Gasteiger partial charge < -0.3 is 4.98 Å². The molecule has 0 fully saturated rings.